The number of nitrogens with zero attached hydrogens (tertiary/aromatic N) is 1. The third kappa shape index (κ3) is 1.46. The Balaban J connectivity index is 3.37. The fourth-order valence-electron chi connectivity index (χ4n) is 1.02. The molecule has 0 fully saturated rings. The number of allylic oxidation sites excluding steroid dienone is 1. The van der Waals surface area contributed by atoms with Crippen molar-refractivity contribution < 1.29 is 9.90 Å². The van der Waals surface area contributed by atoms with Gasteiger partial charge in [-0.3, -0.25) is 9.55 Å². The van der Waals surface area contributed by atoms with Gasteiger partial charge in [0.15, 0.2) is 5.69 Å². The molecule has 6 heteroatoms. The lowest BCUT2D eigenvalue weighted by Crippen LogP contribution is -2.20. The SMILES string of the molecule is C=CCn1c(C(=O)O)c(N)[nH]c1=O. The molecule has 0 aromatic carbocycles. The summed E-state index contributed by atoms with van der Waals surface area (Å²) in [7, 11) is 0. The quantitative estimate of drug-likeness (QED) is 0.557. The number of aromatic amines is 1. The molecule has 0 saturated heterocycles. The minimum Gasteiger partial charge on any atom is -0.476 e. The van der Waals surface area contributed by atoms with Crippen LogP contribution in [0.15, 0.2) is 17.4 Å². The van der Waals surface area contributed by atoms with Gasteiger partial charge in [-0.1, -0.05) is 6.08 Å². The van der Waals surface area contributed by atoms with Crippen molar-refractivity contribution >= 4 is 11.8 Å². The number of hydrogen-bond acceptors (Lipinski definition) is 3. The van der Waals surface area contributed by atoms with E-state index in [0.29, 0.717) is 0 Å². The number of hydrogen-bond donors (Lipinski definition) is 3. The number of carbonyl (C=O) groups is 1. The van der Waals surface area contributed by atoms with Crippen LogP contribution in [0.3, 0.4) is 0 Å². The molecule has 13 heavy (non-hydrogen) atoms. The van der Waals surface area contributed by atoms with E-state index in [1.165, 1.54) is 6.08 Å². The highest BCUT2D eigenvalue weighted by Crippen LogP contribution is 2.05. The molecule has 0 atom stereocenters. The Morgan fingerprint density at radius 3 is 2.85 bits per heavy atom. The standard InChI is InChI=1S/C7H9N3O3/c1-2-3-10-4(6(11)12)5(8)9-7(10)13/h2H,1,3,8H2,(H,9,13)(H,11,12). The molecule has 6 nitrogen and oxygen atoms in total. The van der Waals surface area contributed by atoms with Gasteiger partial charge in [0.25, 0.3) is 0 Å². The molecule has 70 valence electrons. The number of aromatic carboxylic acids is 1. The molecule has 0 amide bonds. The second-order valence-corrected chi connectivity index (χ2v) is 2.40. The van der Waals surface area contributed by atoms with Crippen LogP contribution in [0, 0.1) is 0 Å². The highest BCUT2D eigenvalue weighted by atomic mass is 16.4. The monoisotopic (exact) mass is 183 g/mol. The lowest BCUT2D eigenvalue weighted by Gasteiger charge is -1.98. The first-order valence-electron chi connectivity index (χ1n) is 3.50. The van der Waals surface area contributed by atoms with E-state index in [0.717, 1.165) is 4.57 Å². The lowest BCUT2D eigenvalue weighted by atomic mass is 10.4. The zero-order chi connectivity index (χ0) is 10.0. The number of aromatic nitrogens is 2. The number of anilines is 1. The first-order valence-corrected chi connectivity index (χ1v) is 3.50. The third-order valence-corrected chi connectivity index (χ3v) is 1.53. The van der Waals surface area contributed by atoms with Gasteiger partial charge in [0.05, 0.1) is 0 Å². The number of nitrogens with one attached hydrogen (secondary N) is 1. The molecule has 4 N–H and O–H groups in total. The second-order valence-electron chi connectivity index (χ2n) is 2.40. The van der Waals surface area contributed by atoms with Crippen molar-refractivity contribution in [3.63, 3.8) is 0 Å². The van der Waals surface area contributed by atoms with Crippen molar-refractivity contribution in [1.29, 1.82) is 0 Å². The van der Waals surface area contributed by atoms with E-state index in [4.69, 9.17) is 10.8 Å². The zero-order valence-corrected chi connectivity index (χ0v) is 6.78. The first-order chi connectivity index (χ1) is 6.07. The molecule has 1 heterocycles. The van der Waals surface area contributed by atoms with Crippen LogP contribution in [0.1, 0.15) is 10.5 Å². The largest absolute Gasteiger partial charge is 0.476 e. The molecule has 0 aliphatic carbocycles. The third-order valence-electron chi connectivity index (χ3n) is 1.53. The fraction of sp³-hybridized carbons (Fsp3) is 0.143. The van der Waals surface area contributed by atoms with Gasteiger partial charge in [-0.2, -0.15) is 0 Å². The van der Waals surface area contributed by atoms with E-state index in [1.54, 1.807) is 0 Å². The highest BCUT2D eigenvalue weighted by Gasteiger charge is 2.16. The smallest absolute Gasteiger partial charge is 0.356 e. The van der Waals surface area contributed by atoms with Crippen LogP contribution in [-0.4, -0.2) is 20.6 Å². The molecule has 0 aliphatic rings. The predicted octanol–water partition coefficient (Wildman–Crippen LogP) is -0.357. The van der Waals surface area contributed by atoms with E-state index in [-0.39, 0.29) is 18.1 Å². The van der Waals surface area contributed by atoms with Gasteiger partial charge in [0.2, 0.25) is 0 Å². The minimum atomic E-state index is -1.24. The van der Waals surface area contributed by atoms with Gasteiger partial charge in [-0.05, 0) is 0 Å². The number of rotatable bonds is 3. The fourth-order valence-corrected chi connectivity index (χ4v) is 1.02. The van der Waals surface area contributed by atoms with E-state index >= 15 is 0 Å². The molecule has 0 saturated carbocycles. The molecule has 1 rings (SSSR count). The highest BCUT2D eigenvalue weighted by molar-refractivity contribution is 5.90. The Kier molecular flexibility index (Phi) is 2.23. The minimum absolute atomic E-state index is 0.119. The van der Waals surface area contributed by atoms with Crippen LogP contribution in [0.4, 0.5) is 5.82 Å². The summed E-state index contributed by atoms with van der Waals surface area (Å²) in [5.74, 6) is -1.38. The van der Waals surface area contributed by atoms with Crippen molar-refractivity contribution in [2.45, 2.75) is 6.54 Å². The number of nitrogens with two attached hydrogens (primary N) is 1. The summed E-state index contributed by atoms with van der Waals surface area (Å²) in [5, 5.41) is 8.69. The van der Waals surface area contributed by atoms with Crippen LogP contribution in [0.25, 0.3) is 0 Å². The number of imidazole rings is 1. The summed E-state index contributed by atoms with van der Waals surface area (Å²) >= 11 is 0. The molecule has 0 spiro atoms. The summed E-state index contributed by atoms with van der Waals surface area (Å²) in [6, 6.07) is 0. The van der Waals surface area contributed by atoms with Gasteiger partial charge in [-0.15, -0.1) is 6.58 Å². The normalized spacial score (nSPS) is 9.85. The molecule has 0 unspecified atom stereocenters. The van der Waals surface area contributed by atoms with Gasteiger partial charge in [-0.25, -0.2) is 9.59 Å². The molecule has 0 bridgehead atoms. The molecule has 0 radical (unpaired) electrons. The Bertz CT molecular complexity index is 402. The second kappa shape index (κ2) is 3.18. The Morgan fingerprint density at radius 1 is 1.77 bits per heavy atom. The van der Waals surface area contributed by atoms with E-state index < -0.39 is 11.7 Å². The summed E-state index contributed by atoms with van der Waals surface area (Å²) in [5.41, 5.74) is 4.50. The average Bonchev–Trinajstić information content (AvgIpc) is 2.27. The van der Waals surface area contributed by atoms with Crippen LogP contribution in [-0.2, 0) is 6.54 Å². The maximum absolute atomic E-state index is 11.1. The molecule has 1 aromatic heterocycles. The summed E-state index contributed by atoms with van der Waals surface area (Å²) < 4.78 is 1.00. The Labute approximate surface area is 73.3 Å². The number of H-pyrrole nitrogens is 1. The van der Waals surface area contributed by atoms with Crippen LogP contribution >= 0.6 is 0 Å². The van der Waals surface area contributed by atoms with E-state index in [2.05, 4.69) is 11.6 Å². The van der Waals surface area contributed by atoms with Gasteiger partial charge >= 0.3 is 11.7 Å². The average molecular weight is 183 g/mol. The number of nitrogen functional groups attached to an aromatic ring is 1. The topological polar surface area (TPSA) is 101 Å². The molecule has 1 aromatic rings. The molecular formula is C7H9N3O3. The lowest BCUT2D eigenvalue weighted by molar-refractivity contribution is 0.0686. The van der Waals surface area contributed by atoms with Crippen molar-refractivity contribution in [3.05, 3.63) is 28.8 Å². The van der Waals surface area contributed by atoms with Crippen LogP contribution in [0.5, 0.6) is 0 Å². The van der Waals surface area contributed by atoms with Crippen LogP contribution in [0.2, 0.25) is 0 Å². The van der Waals surface area contributed by atoms with Crippen molar-refractivity contribution in [3.8, 4) is 0 Å². The van der Waals surface area contributed by atoms with Crippen LogP contribution < -0.4 is 11.4 Å². The van der Waals surface area contributed by atoms with Crippen molar-refractivity contribution in [2.24, 2.45) is 0 Å². The molecule has 0 aliphatic heterocycles. The van der Waals surface area contributed by atoms with Crippen molar-refractivity contribution in [1.82, 2.24) is 9.55 Å². The van der Waals surface area contributed by atoms with Gasteiger partial charge in [0, 0.05) is 6.54 Å². The van der Waals surface area contributed by atoms with Gasteiger partial charge < -0.3 is 10.8 Å². The Hall–Kier alpha value is -1.98. The molecular weight excluding hydrogens is 174 g/mol. The maximum atomic E-state index is 11.1. The predicted molar refractivity (Wildman–Crippen MR) is 46.6 cm³/mol. The number of carboxylic acids is 1. The summed E-state index contributed by atoms with van der Waals surface area (Å²) in [4.78, 5) is 23.9. The van der Waals surface area contributed by atoms with E-state index in [1.807, 2.05) is 0 Å². The van der Waals surface area contributed by atoms with Gasteiger partial charge in [0.1, 0.15) is 5.82 Å². The summed E-state index contributed by atoms with van der Waals surface area (Å²) in [6.45, 7) is 3.52. The van der Waals surface area contributed by atoms with E-state index in [9.17, 15) is 9.59 Å². The Morgan fingerprint density at radius 2 is 2.38 bits per heavy atom. The number of carboxylic acid groups (broad SMARTS) is 1. The van der Waals surface area contributed by atoms with Crippen molar-refractivity contribution in [2.75, 3.05) is 5.73 Å². The zero-order valence-electron chi connectivity index (χ0n) is 6.78. The maximum Gasteiger partial charge on any atom is 0.356 e. The first kappa shape index (κ1) is 9.11. The summed E-state index contributed by atoms with van der Waals surface area (Å²) in [6.07, 6.45) is 1.42.